The Morgan fingerprint density at radius 2 is 1.88 bits per heavy atom. The molecule has 3 nitrogen and oxygen atoms in total. The maximum absolute atomic E-state index is 5.76. The topological polar surface area (TPSA) is 38.5 Å². The van der Waals surface area contributed by atoms with Crippen molar-refractivity contribution in [2.45, 2.75) is 25.8 Å². The summed E-state index contributed by atoms with van der Waals surface area (Å²) in [6.45, 7) is 5.74. The summed E-state index contributed by atoms with van der Waals surface area (Å²) in [4.78, 5) is 2.37. The van der Waals surface area contributed by atoms with E-state index in [1.165, 1.54) is 11.3 Å². The van der Waals surface area contributed by atoms with E-state index in [-0.39, 0.29) is 6.04 Å². The first kappa shape index (κ1) is 12.4. The molecule has 1 aliphatic rings. The monoisotopic (exact) mass is 234 g/mol. The van der Waals surface area contributed by atoms with E-state index in [9.17, 15) is 0 Å². The van der Waals surface area contributed by atoms with Gasteiger partial charge >= 0.3 is 0 Å². The molecule has 2 N–H and O–H groups in total. The lowest BCUT2D eigenvalue weighted by Crippen LogP contribution is -2.36. The lowest BCUT2D eigenvalue weighted by atomic mass is 10.1. The van der Waals surface area contributed by atoms with E-state index < -0.39 is 0 Å². The van der Waals surface area contributed by atoms with Crippen LogP contribution < -0.4 is 10.6 Å². The average Bonchev–Trinajstić information content (AvgIpc) is 2.38. The predicted molar refractivity (Wildman–Crippen MR) is 71.4 cm³/mol. The van der Waals surface area contributed by atoms with Gasteiger partial charge in [-0.25, -0.2) is 0 Å². The number of aryl methyl sites for hydroxylation is 1. The van der Waals surface area contributed by atoms with Crippen molar-refractivity contribution in [1.29, 1.82) is 0 Å². The maximum atomic E-state index is 5.76. The van der Waals surface area contributed by atoms with E-state index in [4.69, 9.17) is 10.5 Å². The zero-order chi connectivity index (χ0) is 12.1. The maximum Gasteiger partial charge on any atom is 0.0642 e. The Hall–Kier alpha value is -1.06. The molecular formula is C14H22N2O. The lowest BCUT2D eigenvalue weighted by Gasteiger charge is -2.28. The van der Waals surface area contributed by atoms with Crippen molar-refractivity contribution < 1.29 is 4.74 Å². The van der Waals surface area contributed by atoms with Gasteiger partial charge in [-0.2, -0.15) is 0 Å². The van der Waals surface area contributed by atoms with Crippen LogP contribution in [0.5, 0.6) is 0 Å². The van der Waals surface area contributed by atoms with Gasteiger partial charge in [0.1, 0.15) is 0 Å². The molecule has 0 aromatic heterocycles. The van der Waals surface area contributed by atoms with E-state index >= 15 is 0 Å². The highest BCUT2D eigenvalue weighted by molar-refractivity contribution is 5.47. The smallest absolute Gasteiger partial charge is 0.0642 e. The van der Waals surface area contributed by atoms with Gasteiger partial charge in [0.15, 0.2) is 0 Å². The number of morpholine rings is 1. The fourth-order valence-corrected chi connectivity index (χ4v) is 2.09. The first-order chi connectivity index (χ1) is 8.25. The van der Waals surface area contributed by atoms with E-state index in [2.05, 4.69) is 36.1 Å². The minimum absolute atomic E-state index is 0.286. The van der Waals surface area contributed by atoms with Crippen LogP contribution in [0.2, 0.25) is 0 Å². The Labute approximate surface area is 104 Å². The van der Waals surface area contributed by atoms with Crippen LogP contribution in [0.3, 0.4) is 0 Å². The molecule has 1 aromatic rings. The summed E-state index contributed by atoms with van der Waals surface area (Å²) in [5.74, 6) is 0. The van der Waals surface area contributed by atoms with Gasteiger partial charge in [-0.3, -0.25) is 0 Å². The van der Waals surface area contributed by atoms with E-state index in [0.717, 1.165) is 39.1 Å². The largest absolute Gasteiger partial charge is 0.378 e. The normalized spacial score (nSPS) is 18.1. The minimum atomic E-state index is 0.286. The predicted octanol–water partition coefficient (Wildman–Crippen LogP) is 1.80. The number of hydrogen-bond donors (Lipinski definition) is 1. The van der Waals surface area contributed by atoms with Crippen molar-refractivity contribution in [3.05, 3.63) is 29.8 Å². The second-order valence-corrected chi connectivity index (χ2v) is 4.78. The van der Waals surface area contributed by atoms with Crippen molar-refractivity contribution in [2.24, 2.45) is 5.73 Å². The molecule has 1 unspecified atom stereocenters. The Bertz CT molecular complexity index is 329. The highest BCUT2D eigenvalue weighted by Gasteiger charge is 2.10. The van der Waals surface area contributed by atoms with Gasteiger partial charge in [-0.1, -0.05) is 12.1 Å². The summed E-state index contributed by atoms with van der Waals surface area (Å²) >= 11 is 0. The number of nitrogens with zero attached hydrogens (tertiary/aromatic N) is 1. The summed E-state index contributed by atoms with van der Waals surface area (Å²) in [5, 5.41) is 0. The molecule has 1 atom stereocenters. The summed E-state index contributed by atoms with van der Waals surface area (Å²) in [6, 6.07) is 9.14. The molecule has 0 bridgehead atoms. The van der Waals surface area contributed by atoms with Crippen LogP contribution in [-0.2, 0) is 11.2 Å². The second-order valence-electron chi connectivity index (χ2n) is 4.78. The first-order valence-electron chi connectivity index (χ1n) is 6.43. The molecule has 0 amide bonds. The molecule has 2 rings (SSSR count). The van der Waals surface area contributed by atoms with Crippen LogP contribution >= 0.6 is 0 Å². The summed E-state index contributed by atoms with van der Waals surface area (Å²) in [7, 11) is 0. The van der Waals surface area contributed by atoms with Crippen molar-refractivity contribution in [2.75, 3.05) is 31.2 Å². The molecule has 1 heterocycles. The van der Waals surface area contributed by atoms with Crippen molar-refractivity contribution in [3.63, 3.8) is 0 Å². The Balaban J connectivity index is 1.92. The molecule has 0 spiro atoms. The molecule has 0 radical (unpaired) electrons. The number of nitrogens with two attached hydrogens (primary N) is 1. The standard InChI is InChI=1S/C14H22N2O/c1-12(15)2-3-13-4-6-14(7-5-13)16-8-10-17-11-9-16/h4-7,12H,2-3,8-11,15H2,1H3. The second kappa shape index (κ2) is 6.03. The SMILES string of the molecule is CC(N)CCc1ccc(N2CCOCC2)cc1. The summed E-state index contributed by atoms with van der Waals surface area (Å²) in [6.07, 6.45) is 2.12. The van der Waals surface area contributed by atoms with Gasteiger partial charge in [0.2, 0.25) is 0 Å². The zero-order valence-corrected chi connectivity index (χ0v) is 10.6. The molecule has 1 aromatic carbocycles. The third-order valence-corrected chi connectivity index (χ3v) is 3.20. The fourth-order valence-electron chi connectivity index (χ4n) is 2.09. The molecule has 1 aliphatic heterocycles. The Morgan fingerprint density at radius 3 is 2.47 bits per heavy atom. The highest BCUT2D eigenvalue weighted by Crippen LogP contribution is 2.17. The molecule has 94 valence electrons. The minimum Gasteiger partial charge on any atom is -0.378 e. The van der Waals surface area contributed by atoms with Crippen molar-refractivity contribution >= 4 is 5.69 Å². The molecule has 1 saturated heterocycles. The Kier molecular flexibility index (Phi) is 4.40. The van der Waals surface area contributed by atoms with Gasteiger partial charge in [-0.05, 0) is 37.5 Å². The highest BCUT2D eigenvalue weighted by atomic mass is 16.5. The van der Waals surface area contributed by atoms with Gasteiger partial charge in [0, 0.05) is 24.8 Å². The average molecular weight is 234 g/mol. The molecular weight excluding hydrogens is 212 g/mol. The number of ether oxygens (including phenoxy) is 1. The van der Waals surface area contributed by atoms with Crippen LogP contribution in [0, 0.1) is 0 Å². The van der Waals surface area contributed by atoms with Gasteiger partial charge in [-0.15, -0.1) is 0 Å². The lowest BCUT2D eigenvalue weighted by molar-refractivity contribution is 0.122. The van der Waals surface area contributed by atoms with E-state index in [0.29, 0.717) is 0 Å². The number of anilines is 1. The number of benzene rings is 1. The van der Waals surface area contributed by atoms with Crippen molar-refractivity contribution in [3.8, 4) is 0 Å². The fraction of sp³-hybridized carbons (Fsp3) is 0.571. The third-order valence-electron chi connectivity index (χ3n) is 3.20. The van der Waals surface area contributed by atoms with Crippen LogP contribution in [0.4, 0.5) is 5.69 Å². The van der Waals surface area contributed by atoms with Gasteiger partial charge in [0.25, 0.3) is 0 Å². The molecule has 1 fully saturated rings. The van der Waals surface area contributed by atoms with Crippen molar-refractivity contribution in [1.82, 2.24) is 0 Å². The zero-order valence-electron chi connectivity index (χ0n) is 10.6. The molecule has 3 heteroatoms. The molecule has 17 heavy (non-hydrogen) atoms. The summed E-state index contributed by atoms with van der Waals surface area (Å²) < 4.78 is 5.35. The number of rotatable bonds is 4. The third kappa shape index (κ3) is 3.72. The van der Waals surface area contributed by atoms with Crippen LogP contribution in [-0.4, -0.2) is 32.3 Å². The molecule has 0 saturated carbocycles. The Morgan fingerprint density at radius 1 is 1.24 bits per heavy atom. The van der Waals surface area contributed by atoms with E-state index in [1.54, 1.807) is 0 Å². The van der Waals surface area contributed by atoms with Crippen LogP contribution in [0.25, 0.3) is 0 Å². The number of hydrogen-bond acceptors (Lipinski definition) is 3. The van der Waals surface area contributed by atoms with Crippen LogP contribution in [0.15, 0.2) is 24.3 Å². The quantitative estimate of drug-likeness (QED) is 0.863. The summed E-state index contributed by atoms with van der Waals surface area (Å²) in [5.41, 5.74) is 8.44. The van der Waals surface area contributed by atoms with Crippen LogP contribution in [0.1, 0.15) is 18.9 Å². The van der Waals surface area contributed by atoms with Gasteiger partial charge in [0.05, 0.1) is 13.2 Å². The van der Waals surface area contributed by atoms with E-state index in [1.807, 2.05) is 0 Å². The van der Waals surface area contributed by atoms with Gasteiger partial charge < -0.3 is 15.4 Å². The molecule has 0 aliphatic carbocycles. The first-order valence-corrected chi connectivity index (χ1v) is 6.43.